The van der Waals surface area contributed by atoms with Gasteiger partial charge in [0.2, 0.25) is 0 Å². The highest BCUT2D eigenvalue weighted by molar-refractivity contribution is 6.03. The van der Waals surface area contributed by atoms with Crippen molar-refractivity contribution in [2.75, 3.05) is 31.4 Å². The minimum Gasteiger partial charge on any atom is -0.459 e. The molecule has 0 unspecified atom stereocenters. The van der Waals surface area contributed by atoms with E-state index in [0.717, 1.165) is 16.8 Å². The second-order valence-electron chi connectivity index (χ2n) is 7.18. The first-order chi connectivity index (χ1) is 13.8. The lowest BCUT2D eigenvalue weighted by Gasteiger charge is -2.19. The summed E-state index contributed by atoms with van der Waals surface area (Å²) in [5.41, 5.74) is 4.12. The molecule has 1 aromatic heterocycles. The minimum atomic E-state index is -0.350. The van der Waals surface area contributed by atoms with Gasteiger partial charge in [0, 0.05) is 44.6 Å². The normalized spacial score (nSPS) is 10.5. The topological polar surface area (TPSA) is 65.8 Å². The van der Waals surface area contributed by atoms with Crippen molar-refractivity contribution in [1.82, 2.24) is 4.90 Å². The zero-order chi connectivity index (χ0) is 21.0. The fourth-order valence-electron chi connectivity index (χ4n) is 2.95. The van der Waals surface area contributed by atoms with Crippen molar-refractivity contribution < 1.29 is 14.0 Å². The van der Waals surface area contributed by atoms with Crippen LogP contribution in [0.4, 0.5) is 11.4 Å². The summed E-state index contributed by atoms with van der Waals surface area (Å²) < 4.78 is 5.12. The maximum Gasteiger partial charge on any atom is 0.291 e. The number of nitrogens with zero attached hydrogens (tertiary/aromatic N) is 2. The number of carbonyl (C=O) groups is 2. The molecule has 150 valence electrons. The molecule has 0 aliphatic rings. The average Bonchev–Trinajstić information content (AvgIpc) is 3.24. The fraction of sp³-hybridized carbons (Fsp3) is 0.217. The van der Waals surface area contributed by atoms with Crippen molar-refractivity contribution in [3.8, 4) is 0 Å². The van der Waals surface area contributed by atoms with Gasteiger partial charge >= 0.3 is 0 Å². The summed E-state index contributed by atoms with van der Waals surface area (Å²) in [6, 6.07) is 16.6. The lowest BCUT2D eigenvalue weighted by molar-refractivity contribution is 0.0784. The standard InChI is InChI=1S/C23H25N3O3/c1-16-7-10-18(14-20(16)24-22(27)21-6-5-13-29-21)23(28)26(4)15-17-8-11-19(12-9-17)25(2)3/h5-14H,15H2,1-4H3,(H,24,27). The van der Waals surface area contributed by atoms with Gasteiger partial charge in [0.1, 0.15) is 0 Å². The molecule has 6 nitrogen and oxygen atoms in total. The molecule has 0 radical (unpaired) electrons. The van der Waals surface area contributed by atoms with E-state index in [1.165, 1.54) is 6.26 Å². The Morgan fingerprint density at radius 2 is 1.72 bits per heavy atom. The molecule has 2 amide bonds. The SMILES string of the molecule is Cc1ccc(C(=O)N(C)Cc2ccc(N(C)C)cc2)cc1NC(=O)c1ccco1. The molecule has 1 N–H and O–H groups in total. The Hall–Kier alpha value is -3.54. The number of aryl methyl sites for hydroxylation is 1. The predicted octanol–water partition coefficient (Wildman–Crippen LogP) is 4.18. The fourth-order valence-corrected chi connectivity index (χ4v) is 2.95. The Labute approximate surface area is 170 Å². The van der Waals surface area contributed by atoms with Crippen molar-refractivity contribution in [3.63, 3.8) is 0 Å². The van der Waals surface area contributed by atoms with Crippen LogP contribution in [0.25, 0.3) is 0 Å². The van der Waals surface area contributed by atoms with Crippen LogP contribution in [0.15, 0.2) is 65.3 Å². The van der Waals surface area contributed by atoms with Crippen LogP contribution in [0.1, 0.15) is 32.0 Å². The summed E-state index contributed by atoms with van der Waals surface area (Å²) in [6.45, 7) is 2.37. The van der Waals surface area contributed by atoms with Gasteiger partial charge in [-0.15, -0.1) is 0 Å². The number of rotatable bonds is 6. The molecule has 1 heterocycles. The summed E-state index contributed by atoms with van der Waals surface area (Å²) in [5.74, 6) is -0.244. The Bertz CT molecular complexity index is 993. The van der Waals surface area contributed by atoms with Gasteiger partial charge in [-0.2, -0.15) is 0 Å². The number of hydrogen-bond acceptors (Lipinski definition) is 4. The number of furan rings is 1. The highest BCUT2D eigenvalue weighted by Crippen LogP contribution is 2.20. The van der Waals surface area contributed by atoms with Crippen molar-refractivity contribution in [3.05, 3.63) is 83.3 Å². The second kappa shape index (κ2) is 8.65. The second-order valence-corrected chi connectivity index (χ2v) is 7.18. The zero-order valence-corrected chi connectivity index (χ0v) is 17.1. The molecular formula is C23H25N3O3. The third kappa shape index (κ3) is 4.85. The van der Waals surface area contributed by atoms with Crippen LogP contribution in [0, 0.1) is 6.92 Å². The Morgan fingerprint density at radius 1 is 1.00 bits per heavy atom. The molecule has 0 aliphatic heterocycles. The van der Waals surface area contributed by atoms with Gasteiger partial charge in [-0.1, -0.05) is 18.2 Å². The van der Waals surface area contributed by atoms with Gasteiger partial charge in [0.15, 0.2) is 5.76 Å². The first-order valence-corrected chi connectivity index (χ1v) is 9.32. The predicted molar refractivity (Wildman–Crippen MR) is 114 cm³/mol. The van der Waals surface area contributed by atoms with E-state index in [0.29, 0.717) is 17.8 Å². The van der Waals surface area contributed by atoms with Crippen LogP contribution in [0.5, 0.6) is 0 Å². The van der Waals surface area contributed by atoms with Crippen LogP contribution >= 0.6 is 0 Å². The highest BCUT2D eigenvalue weighted by atomic mass is 16.3. The number of nitrogens with one attached hydrogen (secondary N) is 1. The highest BCUT2D eigenvalue weighted by Gasteiger charge is 2.16. The van der Waals surface area contributed by atoms with Crippen LogP contribution in [-0.2, 0) is 6.54 Å². The lowest BCUT2D eigenvalue weighted by Crippen LogP contribution is -2.26. The van der Waals surface area contributed by atoms with Crippen LogP contribution < -0.4 is 10.2 Å². The van der Waals surface area contributed by atoms with Gasteiger partial charge in [-0.05, 0) is 54.4 Å². The Balaban J connectivity index is 1.72. The van der Waals surface area contributed by atoms with Gasteiger partial charge in [-0.25, -0.2) is 0 Å². The van der Waals surface area contributed by atoms with E-state index in [1.54, 1.807) is 36.2 Å². The molecule has 0 atom stereocenters. The van der Waals surface area contributed by atoms with Gasteiger partial charge in [0.25, 0.3) is 11.8 Å². The summed E-state index contributed by atoms with van der Waals surface area (Å²) in [4.78, 5) is 28.8. The molecule has 6 heteroatoms. The number of hydrogen-bond donors (Lipinski definition) is 1. The van der Waals surface area contributed by atoms with Crippen LogP contribution in [0.3, 0.4) is 0 Å². The van der Waals surface area contributed by atoms with Crippen LogP contribution in [0.2, 0.25) is 0 Å². The van der Waals surface area contributed by atoms with Crippen molar-refractivity contribution >= 4 is 23.2 Å². The number of anilines is 2. The smallest absolute Gasteiger partial charge is 0.291 e. The van der Waals surface area contributed by atoms with E-state index in [2.05, 4.69) is 5.32 Å². The third-order valence-electron chi connectivity index (χ3n) is 4.70. The number of carbonyl (C=O) groups excluding carboxylic acids is 2. The molecule has 0 aliphatic carbocycles. The van der Waals surface area contributed by atoms with E-state index < -0.39 is 0 Å². The quantitative estimate of drug-likeness (QED) is 0.685. The summed E-state index contributed by atoms with van der Waals surface area (Å²) in [7, 11) is 5.75. The molecule has 3 rings (SSSR count). The van der Waals surface area contributed by atoms with Crippen molar-refractivity contribution in [2.24, 2.45) is 0 Å². The summed E-state index contributed by atoms with van der Waals surface area (Å²) in [6.07, 6.45) is 1.45. The van der Waals surface area contributed by atoms with E-state index in [4.69, 9.17) is 4.42 Å². The number of amides is 2. The Morgan fingerprint density at radius 3 is 2.34 bits per heavy atom. The maximum absolute atomic E-state index is 12.9. The van der Waals surface area contributed by atoms with E-state index in [-0.39, 0.29) is 17.6 Å². The molecule has 0 bridgehead atoms. The van der Waals surface area contributed by atoms with E-state index in [1.807, 2.05) is 56.3 Å². The van der Waals surface area contributed by atoms with Crippen molar-refractivity contribution in [1.29, 1.82) is 0 Å². The molecule has 2 aromatic carbocycles. The molecule has 0 spiro atoms. The molecule has 3 aromatic rings. The summed E-state index contributed by atoms with van der Waals surface area (Å²) >= 11 is 0. The van der Waals surface area contributed by atoms with E-state index >= 15 is 0 Å². The largest absolute Gasteiger partial charge is 0.459 e. The minimum absolute atomic E-state index is 0.116. The lowest BCUT2D eigenvalue weighted by atomic mass is 10.1. The monoisotopic (exact) mass is 391 g/mol. The third-order valence-corrected chi connectivity index (χ3v) is 4.70. The first-order valence-electron chi connectivity index (χ1n) is 9.32. The van der Waals surface area contributed by atoms with Crippen molar-refractivity contribution in [2.45, 2.75) is 13.5 Å². The average molecular weight is 391 g/mol. The zero-order valence-electron chi connectivity index (χ0n) is 17.1. The first kappa shape index (κ1) is 20.2. The maximum atomic E-state index is 12.9. The van der Waals surface area contributed by atoms with Gasteiger partial charge < -0.3 is 19.5 Å². The molecule has 29 heavy (non-hydrogen) atoms. The van der Waals surface area contributed by atoms with Crippen LogP contribution in [-0.4, -0.2) is 37.9 Å². The van der Waals surface area contributed by atoms with Gasteiger partial charge in [0.05, 0.1) is 6.26 Å². The molecule has 0 fully saturated rings. The number of benzene rings is 2. The van der Waals surface area contributed by atoms with Gasteiger partial charge in [-0.3, -0.25) is 9.59 Å². The summed E-state index contributed by atoms with van der Waals surface area (Å²) in [5, 5.41) is 2.81. The Kier molecular flexibility index (Phi) is 6.02. The molecule has 0 saturated carbocycles. The molecule has 0 saturated heterocycles. The van der Waals surface area contributed by atoms with E-state index in [9.17, 15) is 9.59 Å². The molecular weight excluding hydrogens is 366 g/mol.